The van der Waals surface area contributed by atoms with E-state index in [9.17, 15) is 9.90 Å². The van der Waals surface area contributed by atoms with Gasteiger partial charge in [0.05, 0.1) is 9.94 Å². The molecule has 2 fully saturated rings. The van der Waals surface area contributed by atoms with Gasteiger partial charge in [0.15, 0.2) is 0 Å². The Balaban J connectivity index is 1.63. The third kappa shape index (κ3) is 5.62. The lowest BCUT2D eigenvalue weighted by atomic mass is 9.73. The van der Waals surface area contributed by atoms with Crippen molar-refractivity contribution in [3.05, 3.63) is 21.3 Å². The predicted molar refractivity (Wildman–Crippen MR) is 114 cm³/mol. The van der Waals surface area contributed by atoms with Gasteiger partial charge in [0, 0.05) is 38.6 Å². The summed E-state index contributed by atoms with van der Waals surface area (Å²) in [5, 5.41) is 13.5. The number of nitrogens with zero attached hydrogens (tertiary/aromatic N) is 2. The zero-order chi connectivity index (χ0) is 20.4. The van der Waals surface area contributed by atoms with Gasteiger partial charge in [-0.15, -0.1) is 11.3 Å². The highest BCUT2D eigenvalue weighted by Crippen LogP contribution is 2.42. The molecule has 1 saturated heterocycles. The van der Waals surface area contributed by atoms with Gasteiger partial charge in [-0.2, -0.15) is 0 Å². The lowest BCUT2D eigenvalue weighted by molar-refractivity contribution is -0.0355. The predicted octanol–water partition coefficient (Wildman–Crippen LogP) is 4.73. The van der Waals surface area contributed by atoms with E-state index in [-0.39, 0.29) is 12.0 Å². The number of piperazine rings is 1. The van der Waals surface area contributed by atoms with Crippen molar-refractivity contribution < 1.29 is 14.6 Å². The van der Waals surface area contributed by atoms with Crippen LogP contribution in [-0.4, -0.2) is 64.9 Å². The average molecular weight is 429 g/mol. The molecular weight excluding hydrogens is 396 g/mol. The summed E-state index contributed by atoms with van der Waals surface area (Å²) >= 11 is 7.74. The van der Waals surface area contributed by atoms with Crippen LogP contribution in [0.3, 0.4) is 0 Å². The Morgan fingerprint density at radius 1 is 1.25 bits per heavy atom. The number of rotatable bonds is 4. The molecular formula is C21H33ClN2O3S. The molecule has 0 unspecified atom stereocenters. The van der Waals surface area contributed by atoms with Crippen molar-refractivity contribution in [1.82, 2.24) is 9.80 Å². The average Bonchev–Trinajstić information content (AvgIpc) is 3.05. The Hall–Kier alpha value is -0.820. The van der Waals surface area contributed by atoms with Crippen LogP contribution in [0, 0.1) is 0 Å². The molecule has 5 nitrogen and oxygen atoms in total. The summed E-state index contributed by atoms with van der Waals surface area (Å²) in [6, 6.07) is 2.01. The van der Waals surface area contributed by atoms with Crippen LogP contribution in [0.15, 0.2) is 11.4 Å². The molecule has 1 amide bonds. The number of halogens is 1. The second kappa shape index (κ2) is 8.90. The Morgan fingerprint density at radius 3 is 2.43 bits per heavy atom. The van der Waals surface area contributed by atoms with Crippen LogP contribution in [0.4, 0.5) is 4.79 Å². The van der Waals surface area contributed by atoms with Crippen LogP contribution in [0.5, 0.6) is 0 Å². The number of amides is 1. The van der Waals surface area contributed by atoms with Crippen LogP contribution in [-0.2, 0) is 4.74 Å². The molecule has 1 atom stereocenters. The van der Waals surface area contributed by atoms with Crippen LogP contribution in [0.25, 0.3) is 0 Å². The maximum atomic E-state index is 12.3. The first kappa shape index (κ1) is 21.9. The molecule has 0 radical (unpaired) electrons. The van der Waals surface area contributed by atoms with Crippen LogP contribution >= 0.6 is 22.9 Å². The summed E-state index contributed by atoms with van der Waals surface area (Å²) in [7, 11) is 0. The third-order valence-corrected chi connectivity index (χ3v) is 6.93. The zero-order valence-corrected chi connectivity index (χ0v) is 18.8. The van der Waals surface area contributed by atoms with Crippen LogP contribution in [0.1, 0.15) is 64.4 Å². The van der Waals surface area contributed by atoms with E-state index in [0.717, 1.165) is 55.2 Å². The number of aliphatic hydroxyl groups is 1. The molecule has 1 aromatic rings. The number of hydrogen-bond acceptors (Lipinski definition) is 5. The van der Waals surface area contributed by atoms with Gasteiger partial charge in [0.2, 0.25) is 0 Å². The molecule has 2 heterocycles. The highest BCUT2D eigenvalue weighted by Gasteiger charge is 2.40. The first-order chi connectivity index (χ1) is 13.2. The quantitative estimate of drug-likeness (QED) is 0.752. The van der Waals surface area contributed by atoms with Crippen LogP contribution < -0.4 is 0 Å². The highest BCUT2D eigenvalue weighted by molar-refractivity contribution is 7.14. The zero-order valence-electron chi connectivity index (χ0n) is 17.2. The maximum Gasteiger partial charge on any atom is 0.410 e. The minimum Gasteiger partial charge on any atom is -0.444 e. The number of thiophene rings is 1. The van der Waals surface area contributed by atoms with Crippen molar-refractivity contribution in [2.45, 2.75) is 70.0 Å². The van der Waals surface area contributed by atoms with Gasteiger partial charge in [0.1, 0.15) is 5.60 Å². The third-order valence-electron chi connectivity index (χ3n) is 5.82. The minimum atomic E-state index is -0.662. The fourth-order valence-corrected chi connectivity index (χ4v) is 5.25. The molecule has 1 aliphatic heterocycles. The summed E-state index contributed by atoms with van der Waals surface area (Å²) in [6.07, 6.45) is 4.83. The van der Waals surface area contributed by atoms with E-state index in [1.165, 1.54) is 17.8 Å². The van der Waals surface area contributed by atoms with E-state index in [1.807, 2.05) is 26.8 Å². The Morgan fingerprint density at radius 2 is 1.89 bits per heavy atom. The first-order valence-corrected chi connectivity index (χ1v) is 11.6. The summed E-state index contributed by atoms with van der Waals surface area (Å²) in [4.78, 5) is 16.4. The second-order valence-electron chi connectivity index (χ2n) is 9.17. The van der Waals surface area contributed by atoms with Crippen molar-refractivity contribution >= 4 is 29.0 Å². The molecule has 28 heavy (non-hydrogen) atoms. The summed E-state index contributed by atoms with van der Waals surface area (Å²) in [6.45, 7) is 9.38. The van der Waals surface area contributed by atoms with Gasteiger partial charge in [-0.3, -0.25) is 4.90 Å². The molecule has 2 aliphatic rings. The van der Waals surface area contributed by atoms with E-state index < -0.39 is 11.2 Å². The Bertz CT molecular complexity index is 659. The topological polar surface area (TPSA) is 53.0 Å². The first-order valence-electron chi connectivity index (χ1n) is 10.3. The van der Waals surface area contributed by atoms with E-state index in [0.29, 0.717) is 13.1 Å². The van der Waals surface area contributed by atoms with E-state index in [1.54, 1.807) is 4.90 Å². The van der Waals surface area contributed by atoms with Crippen molar-refractivity contribution in [2.24, 2.45) is 0 Å². The number of hydrogen-bond donors (Lipinski definition) is 1. The Labute approximate surface area is 177 Å². The molecule has 3 rings (SSSR count). The lowest BCUT2D eigenvalue weighted by Gasteiger charge is -2.43. The summed E-state index contributed by atoms with van der Waals surface area (Å²) in [5.41, 5.74) is 0.0150. The molecule has 1 saturated carbocycles. The number of ether oxygens (including phenoxy) is 1. The van der Waals surface area contributed by atoms with Crippen molar-refractivity contribution in [1.29, 1.82) is 0 Å². The Kier molecular flexibility index (Phi) is 6.96. The van der Waals surface area contributed by atoms with E-state index in [4.69, 9.17) is 16.3 Å². The highest BCUT2D eigenvalue weighted by atomic mass is 35.5. The van der Waals surface area contributed by atoms with Gasteiger partial charge in [-0.1, -0.05) is 30.9 Å². The largest absolute Gasteiger partial charge is 0.444 e. The van der Waals surface area contributed by atoms with Gasteiger partial charge < -0.3 is 14.7 Å². The number of carbonyl (C=O) groups excluding carboxylic acids is 1. The van der Waals surface area contributed by atoms with Crippen LogP contribution in [0.2, 0.25) is 4.34 Å². The molecule has 0 spiro atoms. The standard InChI is InChI=1S/C21H33ClN2O3S/c1-20(2,3)27-19(25)24-11-9-23(10-12-24)14-17(16-13-18(22)28-15-16)21(26)7-5-4-6-8-21/h13,15,17,26H,4-12,14H2,1-3H3/t17-/m0/s1. The lowest BCUT2D eigenvalue weighted by Crippen LogP contribution is -2.52. The maximum absolute atomic E-state index is 12.3. The molecule has 1 aliphatic carbocycles. The summed E-state index contributed by atoms with van der Waals surface area (Å²) < 4.78 is 6.26. The molecule has 0 aromatic carbocycles. The van der Waals surface area contributed by atoms with Crippen molar-refractivity contribution in [3.63, 3.8) is 0 Å². The molecule has 1 aromatic heterocycles. The van der Waals surface area contributed by atoms with Gasteiger partial charge >= 0.3 is 6.09 Å². The van der Waals surface area contributed by atoms with Crippen molar-refractivity contribution in [3.8, 4) is 0 Å². The van der Waals surface area contributed by atoms with Crippen molar-refractivity contribution in [2.75, 3.05) is 32.7 Å². The molecule has 1 N–H and O–H groups in total. The normalized spacial score (nSPS) is 22.1. The SMILES string of the molecule is CC(C)(C)OC(=O)N1CCN(C[C@@H](c2csc(Cl)c2)C2(O)CCCCC2)CC1. The molecule has 158 valence electrons. The fraction of sp³-hybridized carbons (Fsp3) is 0.762. The van der Waals surface area contributed by atoms with Gasteiger partial charge in [-0.05, 0) is 50.6 Å². The monoisotopic (exact) mass is 428 g/mol. The summed E-state index contributed by atoms with van der Waals surface area (Å²) in [5.74, 6) is 0.0598. The van der Waals surface area contributed by atoms with E-state index in [2.05, 4.69) is 10.3 Å². The molecule has 0 bridgehead atoms. The number of carbonyl (C=O) groups is 1. The molecule has 7 heteroatoms. The fourth-order valence-electron chi connectivity index (χ4n) is 4.30. The minimum absolute atomic E-state index is 0.0598. The second-order valence-corrected chi connectivity index (χ2v) is 10.7. The van der Waals surface area contributed by atoms with Gasteiger partial charge in [0.25, 0.3) is 0 Å². The van der Waals surface area contributed by atoms with E-state index >= 15 is 0 Å². The van der Waals surface area contributed by atoms with Gasteiger partial charge in [-0.25, -0.2) is 4.79 Å². The smallest absolute Gasteiger partial charge is 0.410 e.